The minimum absolute atomic E-state index is 0.0520. The molecule has 1 N–H and O–H groups in total. The predicted octanol–water partition coefficient (Wildman–Crippen LogP) is 17.5. The van der Waals surface area contributed by atoms with E-state index in [1.165, 1.54) is 135 Å². The highest BCUT2D eigenvalue weighted by atomic mass is 35.5. The van der Waals surface area contributed by atoms with Crippen molar-refractivity contribution in [3.05, 3.63) is 156 Å². The summed E-state index contributed by atoms with van der Waals surface area (Å²) in [4.78, 5) is 41.8. The summed E-state index contributed by atoms with van der Waals surface area (Å²) in [6, 6.07) is 37.2. The van der Waals surface area contributed by atoms with Crippen molar-refractivity contribution in [1.29, 1.82) is 0 Å². The van der Waals surface area contributed by atoms with Crippen LogP contribution in [0.1, 0.15) is 221 Å². The molecule has 1 heterocycles. The lowest BCUT2D eigenvalue weighted by atomic mass is 9.97. The number of hydrogen-bond donors (Lipinski definition) is 1. The maximum absolute atomic E-state index is 14.3. The normalized spacial score (nSPS) is 17.7. The molecule has 1 aliphatic rings. The molecule has 0 aliphatic carbocycles. The fraction of sp³-hybridized carbons (Fsp3) is 0.597. The molecule has 4 aromatic carbocycles. The number of halogens is 1. The number of allylic oxidation sites excluding steroid dienone is 1. The van der Waals surface area contributed by atoms with E-state index in [1.807, 2.05) is 97.1 Å². The summed E-state index contributed by atoms with van der Waals surface area (Å²) in [6.07, 6.45) is 31.4. The standard InChI is InChI=1S/C72H104ClNO10/c1-3-5-7-9-11-13-15-17-18-20-22-24-26-28-42-52-66(75)74-63(64(79-55-60-45-35-30-36-46-60)51-41-27-25-23-21-19-16-14-12-10-8-6-4-2)57-81-72-70(84-71(77)62-49-39-32-40-50-62)69(80-56-61-47-37-31-38-48-61)68(83-67(76)53-73)65(82-72)58-78-54-59-43-33-29-34-44-59/h29-41,43-51,63-65,68-70,72H,3-28,42,52-58H2,1-2H3,(H,74,75)/b51-41+/t63-,64+,65+,68+,69-,70+,72+/m0/s1. The van der Waals surface area contributed by atoms with Gasteiger partial charge in [0.25, 0.3) is 0 Å². The van der Waals surface area contributed by atoms with Gasteiger partial charge in [-0.05, 0) is 48.1 Å². The summed E-state index contributed by atoms with van der Waals surface area (Å²) in [6.45, 7) is 4.98. The van der Waals surface area contributed by atoms with Crippen LogP contribution in [0.25, 0.3) is 0 Å². The van der Waals surface area contributed by atoms with E-state index in [1.54, 1.807) is 24.3 Å². The van der Waals surface area contributed by atoms with Crippen molar-refractivity contribution in [2.75, 3.05) is 19.1 Å². The van der Waals surface area contributed by atoms with E-state index in [0.29, 0.717) is 18.6 Å². The number of carbonyl (C=O) groups is 3. The van der Waals surface area contributed by atoms with Crippen LogP contribution in [0.3, 0.4) is 0 Å². The number of benzene rings is 4. The fourth-order valence-electron chi connectivity index (χ4n) is 10.8. The third-order valence-electron chi connectivity index (χ3n) is 15.7. The average molecular weight is 1180 g/mol. The van der Waals surface area contributed by atoms with E-state index in [-0.39, 0.29) is 32.3 Å². The zero-order valence-electron chi connectivity index (χ0n) is 51.2. The van der Waals surface area contributed by atoms with Crippen molar-refractivity contribution in [3.8, 4) is 0 Å². The van der Waals surface area contributed by atoms with Gasteiger partial charge >= 0.3 is 11.9 Å². The molecule has 0 spiro atoms. The van der Waals surface area contributed by atoms with Gasteiger partial charge in [-0.3, -0.25) is 9.59 Å². The number of ether oxygens (including phenoxy) is 7. The monoisotopic (exact) mass is 1180 g/mol. The Labute approximate surface area is 511 Å². The smallest absolute Gasteiger partial charge is 0.338 e. The van der Waals surface area contributed by atoms with Crippen molar-refractivity contribution in [2.45, 2.75) is 256 Å². The lowest BCUT2D eigenvalue weighted by Crippen LogP contribution is -2.63. The van der Waals surface area contributed by atoms with Gasteiger partial charge in [0.15, 0.2) is 18.5 Å². The Bertz CT molecular complexity index is 2290. The quantitative estimate of drug-likeness (QED) is 0.0198. The number of rotatable bonds is 48. The van der Waals surface area contributed by atoms with Gasteiger partial charge in [0.05, 0.1) is 50.7 Å². The number of nitrogens with one attached hydrogen (secondary N) is 1. The first-order valence-electron chi connectivity index (χ1n) is 32.6. The highest BCUT2D eigenvalue weighted by molar-refractivity contribution is 6.26. The Balaban J connectivity index is 1.37. The van der Waals surface area contributed by atoms with Gasteiger partial charge in [-0.2, -0.15) is 0 Å². The van der Waals surface area contributed by atoms with Crippen LogP contribution in [-0.2, 0) is 62.6 Å². The van der Waals surface area contributed by atoms with E-state index in [2.05, 4.69) is 31.3 Å². The molecule has 5 rings (SSSR count). The first kappa shape index (κ1) is 69.9. The maximum Gasteiger partial charge on any atom is 0.338 e. The van der Waals surface area contributed by atoms with Crippen LogP contribution in [0.5, 0.6) is 0 Å². The highest BCUT2D eigenvalue weighted by Gasteiger charge is 2.52. The van der Waals surface area contributed by atoms with Gasteiger partial charge < -0.3 is 38.5 Å². The Morgan fingerprint density at radius 1 is 0.524 bits per heavy atom. The van der Waals surface area contributed by atoms with Crippen molar-refractivity contribution < 1.29 is 47.5 Å². The van der Waals surface area contributed by atoms with E-state index in [4.69, 9.17) is 44.8 Å². The van der Waals surface area contributed by atoms with Crippen molar-refractivity contribution in [2.24, 2.45) is 0 Å². The van der Waals surface area contributed by atoms with Crippen molar-refractivity contribution >= 4 is 29.4 Å². The highest BCUT2D eigenvalue weighted by Crippen LogP contribution is 2.32. The molecule has 1 saturated heterocycles. The largest absolute Gasteiger partial charge is 0.456 e. The van der Waals surface area contributed by atoms with Crippen LogP contribution in [0.4, 0.5) is 0 Å². The summed E-state index contributed by atoms with van der Waals surface area (Å²) in [5, 5.41) is 3.34. The van der Waals surface area contributed by atoms with Gasteiger partial charge in [0, 0.05) is 6.42 Å². The molecule has 0 unspecified atom stereocenters. The van der Waals surface area contributed by atoms with Crippen LogP contribution in [0.2, 0.25) is 0 Å². The molecule has 1 amide bonds. The van der Waals surface area contributed by atoms with Gasteiger partial charge in [-0.15, -0.1) is 11.6 Å². The number of esters is 2. The second-order valence-electron chi connectivity index (χ2n) is 22.8. The molecule has 12 heteroatoms. The lowest BCUT2D eigenvalue weighted by Gasteiger charge is -2.45. The first-order valence-corrected chi connectivity index (χ1v) is 33.1. The zero-order valence-corrected chi connectivity index (χ0v) is 52.0. The third-order valence-corrected chi connectivity index (χ3v) is 15.9. The minimum Gasteiger partial charge on any atom is -0.456 e. The number of hydrogen-bond acceptors (Lipinski definition) is 10. The van der Waals surface area contributed by atoms with Crippen LogP contribution in [0, 0.1) is 0 Å². The van der Waals surface area contributed by atoms with Crippen molar-refractivity contribution in [1.82, 2.24) is 5.32 Å². The average Bonchev–Trinajstić information content (AvgIpc) is 2.04. The predicted molar refractivity (Wildman–Crippen MR) is 339 cm³/mol. The van der Waals surface area contributed by atoms with Crippen LogP contribution >= 0.6 is 11.6 Å². The van der Waals surface area contributed by atoms with Crippen LogP contribution < -0.4 is 5.32 Å². The second kappa shape index (κ2) is 45.4. The topological polar surface area (TPSA) is 128 Å². The summed E-state index contributed by atoms with van der Waals surface area (Å²) in [5.74, 6) is -1.91. The Hall–Kier alpha value is -4.88. The summed E-state index contributed by atoms with van der Waals surface area (Å²) < 4.78 is 46.1. The van der Waals surface area contributed by atoms with E-state index in [9.17, 15) is 14.4 Å². The molecule has 0 radical (unpaired) electrons. The molecule has 464 valence electrons. The molecule has 11 nitrogen and oxygen atoms in total. The summed E-state index contributed by atoms with van der Waals surface area (Å²) in [5.41, 5.74) is 3.05. The molecule has 84 heavy (non-hydrogen) atoms. The molecule has 0 saturated carbocycles. The Morgan fingerprint density at radius 3 is 1.50 bits per heavy atom. The number of unbranched alkanes of at least 4 members (excludes halogenated alkanes) is 25. The second-order valence-corrected chi connectivity index (χ2v) is 23.1. The Kier molecular flexibility index (Phi) is 37.8. The lowest BCUT2D eigenvalue weighted by molar-refractivity contribution is -0.313. The van der Waals surface area contributed by atoms with Crippen LogP contribution in [-0.4, -0.2) is 79.8 Å². The van der Waals surface area contributed by atoms with Crippen molar-refractivity contribution in [3.63, 3.8) is 0 Å². The molecule has 4 aromatic rings. The zero-order chi connectivity index (χ0) is 59.3. The van der Waals surface area contributed by atoms with Gasteiger partial charge in [0.1, 0.15) is 18.1 Å². The molecule has 0 aromatic heterocycles. The number of carbonyl (C=O) groups excluding carboxylic acids is 3. The minimum atomic E-state index is -1.31. The van der Waals surface area contributed by atoms with Gasteiger partial charge in [0.2, 0.25) is 5.91 Å². The summed E-state index contributed by atoms with van der Waals surface area (Å²) >= 11 is 6.12. The summed E-state index contributed by atoms with van der Waals surface area (Å²) in [7, 11) is 0. The first-order chi connectivity index (χ1) is 41.4. The fourth-order valence-corrected chi connectivity index (χ4v) is 10.8. The molecule has 1 fully saturated rings. The van der Waals surface area contributed by atoms with E-state index >= 15 is 0 Å². The SMILES string of the molecule is CCCCCCCCCCCCC/C=C/[C@@H](OCc1ccccc1)[C@H](CO[C@@H]1O[C@H](COCc2ccccc2)[C@@H](OC(=O)CCl)[C@H](OCc2ccccc2)[C@H]1OC(=O)c1ccccc1)NC(=O)CCCCCCCCCCCCCCCCC. The molecular weight excluding hydrogens is 1070 g/mol. The Morgan fingerprint density at radius 2 is 0.988 bits per heavy atom. The number of amides is 1. The molecular formula is C72H104ClNO10. The molecule has 0 bridgehead atoms. The molecule has 1 aliphatic heterocycles. The molecule has 7 atom stereocenters. The van der Waals surface area contributed by atoms with E-state index in [0.717, 1.165) is 55.2 Å². The van der Waals surface area contributed by atoms with Gasteiger partial charge in [-0.1, -0.05) is 289 Å². The third kappa shape index (κ3) is 30.0. The van der Waals surface area contributed by atoms with E-state index < -0.39 is 60.7 Å². The maximum atomic E-state index is 14.3. The number of alkyl halides is 1. The van der Waals surface area contributed by atoms with Crippen LogP contribution in [0.15, 0.2) is 133 Å². The van der Waals surface area contributed by atoms with Gasteiger partial charge in [-0.25, -0.2) is 4.79 Å².